The van der Waals surface area contributed by atoms with Gasteiger partial charge in [-0.3, -0.25) is 4.72 Å². The van der Waals surface area contributed by atoms with Crippen molar-refractivity contribution in [3.63, 3.8) is 0 Å². The predicted octanol–water partition coefficient (Wildman–Crippen LogP) is 2.96. The maximum atomic E-state index is 12.7. The molecule has 0 atom stereocenters. The maximum absolute atomic E-state index is 12.7. The van der Waals surface area contributed by atoms with Crippen LogP contribution in [0.5, 0.6) is 5.75 Å². The second-order valence-corrected chi connectivity index (χ2v) is 10.2. The quantitative estimate of drug-likeness (QED) is 0.528. The molecule has 0 radical (unpaired) electrons. The smallest absolute Gasteiger partial charge is 0.339 e. The van der Waals surface area contributed by atoms with Gasteiger partial charge in [-0.15, -0.1) is 0 Å². The first-order valence-corrected chi connectivity index (χ1v) is 11.8. The van der Waals surface area contributed by atoms with Crippen molar-refractivity contribution in [2.45, 2.75) is 9.79 Å². The number of nitrogens with one attached hydrogen (secondary N) is 1. The van der Waals surface area contributed by atoms with E-state index in [1.807, 2.05) is 0 Å². The monoisotopic (exact) mass is 447 g/mol. The molecule has 0 spiro atoms. The van der Waals surface area contributed by atoms with Gasteiger partial charge in [0, 0.05) is 12.3 Å². The molecule has 0 aliphatic carbocycles. The van der Waals surface area contributed by atoms with Crippen LogP contribution in [0.15, 0.2) is 76.5 Å². The molecular weight excluding hydrogens is 430 g/mol. The fraction of sp³-hybridized carbons (Fsp3) is 0.0500. The van der Waals surface area contributed by atoms with Crippen LogP contribution in [0.3, 0.4) is 0 Å². The Morgan fingerprint density at radius 2 is 1.40 bits per heavy atom. The van der Waals surface area contributed by atoms with E-state index >= 15 is 0 Å². The average molecular weight is 447 g/mol. The molecule has 156 valence electrons. The number of hydrogen-bond acceptors (Lipinski definition) is 6. The van der Waals surface area contributed by atoms with E-state index in [0.717, 1.165) is 18.4 Å². The molecule has 0 aliphatic heterocycles. The van der Waals surface area contributed by atoms with Crippen LogP contribution in [-0.4, -0.2) is 39.3 Å². The van der Waals surface area contributed by atoms with E-state index in [2.05, 4.69) is 4.72 Å². The van der Waals surface area contributed by atoms with Gasteiger partial charge in [0.25, 0.3) is 10.0 Å². The molecule has 3 aromatic rings. The molecule has 3 aromatic carbocycles. The second-order valence-electron chi connectivity index (χ2n) is 6.47. The highest BCUT2D eigenvalue weighted by atomic mass is 32.2. The second kappa shape index (κ2) is 7.81. The lowest BCUT2D eigenvalue weighted by molar-refractivity contribution is 0.0693. The summed E-state index contributed by atoms with van der Waals surface area (Å²) in [5.41, 5.74) is 0.651. The number of phenols is 1. The van der Waals surface area contributed by atoms with Crippen molar-refractivity contribution in [1.29, 1.82) is 0 Å². The molecule has 30 heavy (non-hydrogen) atoms. The van der Waals surface area contributed by atoms with Gasteiger partial charge >= 0.3 is 5.97 Å². The first-order valence-electron chi connectivity index (χ1n) is 8.47. The third kappa shape index (κ3) is 4.61. The van der Waals surface area contributed by atoms with Crippen molar-refractivity contribution in [1.82, 2.24) is 0 Å². The Morgan fingerprint density at radius 1 is 0.833 bits per heavy atom. The van der Waals surface area contributed by atoms with Gasteiger partial charge in [0.1, 0.15) is 11.3 Å². The van der Waals surface area contributed by atoms with Gasteiger partial charge in [-0.05, 0) is 47.5 Å². The molecule has 0 unspecified atom stereocenters. The molecule has 3 rings (SSSR count). The minimum absolute atomic E-state index is 0.0121. The molecular formula is C20H17NO7S2. The fourth-order valence-corrected chi connectivity index (χ4v) is 4.50. The molecule has 10 heteroatoms. The lowest BCUT2D eigenvalue weighted by Crippen LogP contribution is -2.13. The first-order chi connectivity index (χ1) is 14.0. The van der Waals surface area contributed by atoms with Crippen LogP contribution in [0.25, 0.3) is 11.1 Å². The van der Waals surface area contributed by atoms with Gasteiger partial charge in [0.2, 0.25) is 0 Å². The summed E-state index contributed by atoms with van der Waals surface area (Å²) in [4.78, 5) is 11.0. The number of hydrogen-bond donors (Lipinski definition) is 3. The third-order valence-electron chi connectivity index (χ3n) is 4.22. The van der Waals surface area contributed by atoms with E-state index in [9.17, 15) is 26.7 Å². The number of sulfonamides is 1. The molecule has 0 aromatic heterocycles. The fourth-order valence-electron chi connectivity index (χ4n) is 2.74. The molecule has 3 N–H and O–H groups in total. The molecule has 0 saturated carbocycles. The Morgan fingerprint density at radius 3 is 1.93 bits per heavy atom. The highest BCUT2D eigenvalue weighted by Crippen LogP contribution is 2.27. The molecule has 0 fully saturated rings. The number of rotatable bonds is 6. The van der Waals surface area contributed by atoms with Crippen LogP contribution in [-0.2, 0) is 19.9 Å². The van der Waals surface area contributed by atoms with Crippen LogP contribution in [0.4, 0.5) is 5.69 Å². The molecule has 8 nitrogen and oxygen atoms in total. The van der Waals surface area contributed by atoms with Gasteiger partial charge in [-0.2, -0.15) is 0 Å². The van der Waals surface area contributed by atoms with Gasteiger partial charge in [0.05, 0.1) is 15.5 Å². The van der Waals surface area contributed by atoms with Crippen molar-refractivity contribution < 1.29 is 31.8 Å². The van der Waals surface area contributed by atoms with Gasteiger partial charge < -0.3 is 10.2 Å². The van der Waals surface area contributed by atoms with Crippen LogP contribution in [0.2, 0.25) is 0 Å². The van der Waals surface area contributed by atoms with Gasteiger partial charge in [0.15, 0.2) is 9.84 Å². The van der Waals surface area contributed by atoms with Crippen molar-refractivity contribution in [3.05, 3.63) is 72.3 Å². The standard InChI is InChI=1S/C20H17NO7S2/c1-29(25,26)16-6-2-4-13(10-16)14-5-3-7-17(11-14)30(27,28)21-15-8-9-18(20(23)24)19(22)12-15/h2-12,21-22H,1H3,(H,23,24). The summed E-state index contributed by atoms with van der Waals surface area (Å²) in [6.07, 6.45) is 1.09. The lowest BCUT2D eigenvalue weighted by Gasteiger charge is -2.11. The van der Waals surface area contributed by atoms with E-state index in [0.29, 0.717) is 11.1 Å². The minimum atomic E-state index is -4.06. The zero-order valence-electron chi connectivity index (χ0n) is 15.6. The normalized spacial score (nSPS) is 11.8. The number of carbonyl (C=O) groups is 1. The number of benzene rings is 3. The first kappa shape index (κ1) is 21.3. The van der Waals surface area contributed by atoms with Crippen LogP contribution in [0, 0.1) is 0 Å². The zero-order valence-corrected chi connectivity index (χ0v) is 17.2. The molecule has 0 aliphatic rings. The Kier molecular flexibility index (Phi) is 5.55. The largest absolute Gasteiger partial charge is 0.507 e. The van der Waals surface area contributed by atoms with E-state index in [1.54, 1.807) is 18.2 Å². The molecule has 0 saturated heterocycles. The topological polar surface area (TPSA) is 138 Å². The lowest BCUT2D eigenvalue weighted by atomic mass is 10.1. The Balaban J connectivity index is 1.95. The SMILES string of the molecule is CS(=O)(=O)c1cccc(-c2cccc(S(=O)(=O)Nc3ccc(C(=O)O)c(O)c3)c2)c1. The Bertz CT molecular complexity index is 1350. The van der Waals surface area contributed by atoms with Crippen molar-refractivity contribution in [2.24, 2.45) is 0 Å². The predicted molar refractivity (Wildman–Crippen MR) is 111 cm³/mol. The number of carboxylic acids is 1. The highest BCUT2D eigenvalue weighted by molar-refractivity contribution is 7.92. The molecule has 0 heterocycles. The van der Waals surface area contributed by atoms with E-state index in [-0.39, 0.29) is 21.0 Å². The van der Waals surface area contributed by atoms with E-state index < -0.39 is 31.6 Å². The van der Waals surface area contributed by atoms with Crippen molar-refractivity contribution in [2.75, 3.05) is 11.0 Å². The third-order valence-corrected chi connectivity index (χ3v) is 6.71. The summed E-state index contributed by atoms with van der Waals surface area (Å²) in [7, 11) is -7.48. The molecule has 0 bridgehead atoms. The van der Waals surface area contributed by atoms with E-state index in [4.69, 9.17) is 5.11 Å². The summed E-state index contributed by atoms with van der Waals surface area (Å²) < 4.78 is 51.3. The van der Waals surface area contributed by atoms with Crippen LogP contribution < -0.4 is 4.72 Å². The summed E-state index contributed by atoms with van der Waals surface area (Å²) in [6.45, 7) is 0. The number of anilines is 1. The number of aromatic hydroxyl groups is 1. The minimum Gasteiger partial charge on any atom is -0.507 e. The Hall–Kier alpha value is -3.37. The van der Waals surface area contributed by atoms with Gasteiger partial charge in [-0.1, -0.05) is 24.3 Å². The van der Waals surface area contributed by atoms with E-state index in [1.165, 1.54) is 36.4 Å². The average Bonchev–Trinajstić information content (AvgIpc) is 2.67. The van der Waals surface area contributed by atoms with Crippen molar-refractivity contribution >= 4 is 31.5 Å². The number of carboxylic acid groups (broad SMARTS) is 1. The Labute approximate surface area is 173 Å². The van der Waals surface area contributed by atoms with Crippen molar-refractivity contribution in [3.8, 4) is 16.9 Å². The number of aromatic carboxylic acids is 1. The van der Waals surface area contributed by atoms with Crippen LogP contribution >= 0.6 is 0 Å². The number of sulfone groups is 1. The summed E-state index contributed by atoms with van der Waals surface area (Å²) in [5, 5.41) is 18.7. The van der Waals surface area contributed by atoms with Crippen LogP contribution in [0.1, 0.15) is 10.4 Å². The summed E-state index contributed by atoms with van der Waals surface area (Å²) >= 11 is 0. The van der Waals surface area contributed by atoms with Gasteiger partial charge in [-0.25, -0.2) is 21.6 Å². The zero-order chi connectivity index (χ0) is 22.1. The highest BCUT2D eigenvalue weighted by Gasteiger charge is 2.17. The summed E-state index contributed by atoms with van der Waals surface area (Å²) in [5.74, 6) is -1.92. The molecule has 0 amide bonds. The summed E-state index contributed by atoms with van der Waals surface area (Å²) in [6, 6.07) is 15.4. The maximum Gasteiger partial charge on any atom is 0.339 e.